The fraction of sp³-hybridized carbons (Fsp3) is 0.200. The van der Waals surface area contributed by atoms with Gasteiger partial charge in [-0.3, -0.25) is 4.79 Å². The molecule has 0 saturated heterocycles. The van der Waals surface area contributed by atoms with Crippen LogP contribution < -0.4 is 5.32 Å². The molecule has 0 unspecified atom stereocenters. The Morgan fingerprint density at radius 1 is 1.08 bits per heavy atom. The van der Waals surface area contributed by atoms with Gasteiger partial charge < -0.3 is 10.4 Å². The van der Waals surface area contributed by atoms with Crippen LogP contribution in [0.1, 0.15) is 33.4 Å². The quantitative estimate of drug-likeness (QED) is 0.753. The number of aliphatic hydroxyl groups excluding tert-OH is 1. The van der Waals surface area contributed by atoms with Crippen molar-refractivity contribution in [1.29, 1.82) is 0 Å². The molecule has 1 amide bonds. The fourth-order valence-corrected chi connectivity index (χ4v) is 2.94. The number of rotatable bonds is 5. The van der Waals surface area contributed by atoms with E-state index in [-0.39, 0.29) is 12.5 Å². The summed E-state index contributed by atoms with van der Waals surface area (Å²) in [4.78, 5) is 12.8. The van der Waals surface area contributed by atoms with E-state index >= 15 is 0 Å². The normalized spacial score (nSPS) is 12.0. The van der Waals surface area contributed by atoms with Gasteiger partial charge in [0, 0.05) is 0 Å². The van der Waals surface area contributed by atoms with Gasteiger partial charge in [-0.05, 0) is 31.5 Å². The Morgan fingerprint density at radius 2 is 1.68 bits per heavy atom. The van der Waals surface area contributed by atoms with Crippen LogP contribution in [0.5, 0.6) is 0 Å². The summed E-state index contributed by atoms with van der Waals surface area (Å²) in [6.45, 7) is 3.52. The highest BCUT2D eigenvalue weighted by Crippen LogP contribution is 2.19. The summed E-state index contributed by atoms with van der Waals surface area (Å²) in [6, 6.07) is 18.7. The van der Waals surface area contributed by atoms with E-state index < -0.39 is 6.04 Å². The van der Waals surface area contributed by atoms with Crippen molar-refractivity contribution in [2.45, 2.75) is 19.9 Å². The van der Waals surface area contributed by atoms with Gasteiger partial charge in [0.25, 0.3) is 5.91 Å². The number of nitrogens with one attached hydrogen (secondary N) is 1. The molecular formula is C20H21N3O2. The number of hydrogen-bond donors (Lipinski definition) is 2. The number of nitrogens with zero attached hydrogens (tertiary/aromatic N) is 2. The molecule has 0 radical (unpaired) electrons. The minimum absolute atomic E-state index is 0.166. The second-order valence-electron chi connectivity index (χ2n) is 5.91. The van der Waals surface area contributed by atoms with Gasteiger partial charge in [-0.15, -0.1) is 0 Å². The molecule has 1 atom stereocenters. The summed E-state index contributed by atoms with van der Waals surface area (Å²) in [6.07, 6.45) is 0. The van der Waals surface area contributed by atoms with Crippen molar-refractivity contribution in [2.75, 3.05) is 6.61 Å². The summed E-state index contributed by atoms with van der Waals surface area (Å²) < 4.78 is 1.76. The molecule has 0 spiro atoms. The van der Waals surface area contributed by atoms with Gasteiger partial charge in [0.1, 0.15) is 0 Å². The summed E-state index contributed by atoms with van der Waals surface area (Å²) in [5, 5.41) is 17.1. The van der Waals surface area contributed by atoms with Crippen LogP contribution in [0.15, 0.2) is 60.7 Å². The number of amides is 1. The molecule has 1 aromatic heterocycles. The van der Waals surface area contributed by atoms with Gasteiger partial charge in [-0.25, -0.2) is 4.68 Å². The predicted molar refractivity (Wildman–Crippen MR) is 96.8 cm³/mol. The van der Waals surface area contributed by atoms with Gasteiger partial charge >= 0.3 is 0 Å². The number of aliphatic hydroxyl groups is 1. The summed E-state index contributed by atoms with van der Waals surface area (Å²) >= 11 is 0. The molecule has 5 nitrogen and oxygen atoms in total. The molecule has 2 aromatic carbocycles. The fourth-order valence-electron chi connectivity index (χ4n) is 2.94. The molecule has 3 aromatic rings. The van der Waals surface area contributed by atoms with Gasteiger partial charge in [-0.2, -0.15) is 5.10 Å². The number of benzene rings is 2. The lowest BCUT2D eigenvalue weighted by Crippen LogP contribution is -2.31. The summed E-state index contributed by atoms with van der Waals surface area (Å²) in [7, 11) is 0. The lowest BCUT2D eigenvalue weighted by molar-refractivity contribution is 0.0915. The molecule has 5 heteroatoms. The smallest absolute Gasteiger partial charge is 0.255 e. The topological polar surface area (TPSA) is 67.2 Å². The van der Waals surface area contributed by atoms with E-state index in [0.29, 0.717) is 11.3 Å². The first-order chi connectivity index (χ1) is 12.1. The third-order valence-corrected chi connectivity index (χ3v) is 4.21. The Bertz CT molecular complexity index is 857. The van der Waals surface area contributed by atoms with E-state index in [9.17, 15) is 9.90 Å². The van der Waals surface area contributed by atoms with E-state index in [4.69, 9.17) is 0 Å². The van der Waals surface area contributed by atoms with Crippen molar-refractivity contribution in [3.05, 3.63) is 83.2 Å². The average molecular weight is 335 g/mol. The largest absolute Gasteiger partial charge is 0.394 e. The van der Waals surface area contributed by atoms with Crippen molar-refractivity contribution >= 4 is 5.91 Å². The van der Waals surface area contributed by atoms with Crippen molar-refractivity contribution in [3.8, 4) is 5.69 Å². The maximum Gasteiger partial charge on any atom is 0.255 e. The van der Waals surface area contributed by atoms with Crippen LogP contribution in [-0.4, -0.2) is 27.4 Å². The zero-order valence-corrected chi connectivity index (χ0v) is 14.3. The number of carbonyl (C=O) groups is 1. The van der Waals surface area contributed by atoms with Crippen molar-refractivity contribution in [3.63, 3.8) is 0 Å². The lowest BCUT2D eigenvalue weighted by Gasteiger charge is -2.17. The van der Waals surface area contributed by atoms with E-state index in [2.05, 4.69) is 10.4 Å². The van der Waals surface area contributed by atoms with E-state index in [1.54, 1.807) is 4.68 Å². The lowest BCUT2D eigenvalue weighted by atomic mass is 10.1. The van der Waals surface area contributed by atoms with Gasteiger partial charge in [0.15, 0.2) is 0 Å². The molecule has 0 saturated carbocycles. The van der Waals surface area contributed by atoms with Crippen LogP contribution in [0.25, 0.3) is 5.69 Å². The zero-order valence-electron chi connectivity index (χ0n) is 14.3. The maximum atomic E-state index is 12.8. The molecule has 0 aliphatic rings. The number of hydrogen-bond acceptors (Lipinski definition) is 3. The first-order valence-electron chi connectivity index (χ1n) is 8.20. The minimum atomic E-state index is -0.451. The average Bonchev–Trinajstić information content (AvgIpc) is 2.95. The van der Waals surface area contributed by atoms with E-state index in [1.807, 2.05) is 74.5 Å². The van der Waals surface area contributed by atoms with Crippen LogP contribution in [-0.2, 0) is 0 Å². The molecular weight excluding hydrogens is 314 g/mol. The van der Waals surface area contributed by atoms with E-state index in [1.165, 1.54) is 0 Å². The Kier molecular flexibility index (Phi) is 4.95. The summed E-state index contributed by atoms with van der Waals surface area (Å²) in [5.74, 6) is -0.236. The Labute approximate surface area is 146 Å². The molecule has 2 N–H and O–H groups in total. The highest BCUT2D eigenvalue weighted by molar-refractivity contribution is 5.96. The molecule has 0 bridgehead atoms. The Hall–Kier alpha value is -2.92. The first kappa shape index (κ1) is 16.9. The molecule has 0 fully saturated rings. The number of aromatic nitrogens is 2. The zero-order chi connectivity index (χ0) is 17.8. The van der Waals surface area contributed by atoms with Gasteiger partial charge in [0.2, 0.25) is 0 Å². The number of para-hydroxylation sites is 1. The van der Waals surface area contributed by atoms with Crippen LogP contribution in [0.3, 0.4) is 0 Å². The van der Waals surface area contributed by atoms with Crippen LogP contribution in [0.2, 0.25) is 0 Å². The Morgan fingerprint density at radius 3 is 2.28 bits per heavy atom. The third kappa shape index (κ3) is 3.46. The molecule has 1 heterocycles. The van der Waals surface area contributed by atoms with Crippen LogP contribution in [0.4, 0.5) is 0 Å². The van der Waals surface area contributed by atoms with Crippen molar-refractivity contribution < 1.29 is 9.90 Å². The van der Waals surface area contributed by atoms with Crippen LogP contribution >= 0.6 is 0 Å². The second kappa shape index (κ2) is 7.32. The monoisotopic (exact) mass is 335 g/mol. The standard InChI is InChI=1S/C20H21N3O2/c1-14-19(15(2)23(22-14)17-11-7-4-8-12-17)20(25)21-18(13-24)16-9-5-3-6-10-16/h3-12,18,24H,13H2,1-2H3,(H,21,25)/t18-/m1/s1. The minimum Gasteiger partial charge on any atom is -0.394 e. The molecule has 0 aliphatic carbocycles. The highest BCUT2D eigenvalue weighted by Gasteiger charge is 2.22. The predicted octanol–water partition coefficient (Wildman–Crippen LogP) is 2.95. The van der Waals surface area contributed by atoms with Gasteiger partial charge in [0.05, 0.1) is 35.3 Å². The van der Waals surface area contributed by atoms with Gasteiger partial charge in [-0.1, -0.05) is 48.5 Å². The number of aryl methyl sites for hydroxylation is 1. The van der Waals surface area contributed by atoms with E-state index in [0.717, 1.165) is 16.9 Å². The Balaban J connectivity index is 1.89. The van der Waals surface area contributed by atoms with Crippen molar-refractivity contribution in [1.82, 2.24) is 15.1 Å². The highest BCUT2D eigenvalue weighted by atomic mass is 16.3. The third-order valence-electron chi connectivity index (χ3n) is 4.21. The molecule has 128 valence electrons. The first-order valence-corrected chi connectivity index (χ1v) is 8.20. The second-order valence-corrected chi connectivity index (χ2v) is 5.91. The summed E-state index contributed by atoms with van der Waals surface area (Å²) in [5.41, 5.74) is 3.74. The maximum absolute atomic E-state index is 12.8. The molecule has 3 rings (SSSR count). The van der Waals surface area contributed by atoms with Crippen molar-refractivity contribution in [2.24, 2.45) is 0 Å². The SMILES string of the molecule is Cc1nn(-c2ccccc2)c(C)c1C(=O)N[C@H](CO)c1ccccc1. The van der Waals surface area contributed by atoms with Crippen LogP contribution in [0, 0.1) is 13.8 Å². The molecule has 0 aliphatic heterocycles. The molecule has 25 heavy (non-hydrogen) atoms. The number of carbonyl (C=O) groups excluding carboxylic acids is 1.